The third kappa shape index (κ3) is 5.60. The number of Topliss-reactive ketones (excluding diaryl/α,β-unsaturated/α-hetero) is 1. The number of carbonyl (C=O) groups is 2. The molecular weight excluding hydrogens is 348 g/mol. The molecule has 0 bridgehead atoms. The van der Waals surface area contributed by atoms with E-state index in [1.54, 1.807) is 30.3 Å². The number of carboxylic acids is 1. The normalized spacial score (nSPS) is 10.7. The molecular formula is C21H22O6. The van der Waals surface area contributed by atoms with E-state index < -0.39 is 5.97 Å². The van der Waals surface area contributed by atoms with Gasteiger partial charge in [0.1, 0.15) is 17.2 Å². The van der Waals surface area contributed by atoms with E-state index >= 15 is 0 Å². The third-order valence-electron chi connectivity index (χ3n) is 3.84. The zero-order chi connectivity index (χ0) is 19.8. The van der Waals surface area contributed by atoms with Crippen LogP contribution in [0.2, 0.25) is 0 Å². The lowest BCUT2D eigenvalue weighted by atomic mass is 10.0. The van der Waals surface area contributed by atoms with Crippen molar-refractivity contribution in [1.82, 2.24) is 0 Å². The molecule has 2 rings (SSSR count). The molecule has 0 saturated heterocycles. The Balaban J connectivity index is 2.09. The van der Waals surface area contributed by atoms with Gasteiger partial charge in [-0.05, 0) is 49.2 Å². The van der Waals surface area contributed by atoms with E-state index in [1.165, 1.54) is 19.1 Å². The summed E-state index contributed by atoms with van der Waals surface area (Å²) in [5.41, 5.74) is 1.53. The summed E-state index contributed by atoms with van der Waals surface area (Å²) in [6.07, 6.45) is 3.86. The van der Waals surface area contributed by atoms with Crippen LogP contribution in [0.15, 0.2) is 42.5 Å². The van der Waals surface area contributed by atoms with Crippen LogP contribution in [-0.4, -0.2) is 28.8 Å². The molecule has 2 aromatic carbocycles. The first kappa shape index (κ1) is 20.0. The number of benzene rings is 2. The number of phenolic OH excluding ortho intramolecular Hbond substituents is 1. The first-order valence-electron chi connectivity index (χ1n) is 8.54. The van der Waals surface area contributed by atoms with Crippen molar-refractivity contribution in [2.45, 2.75) is 26.7 Å². The van der Waals surface area contributed by atoms with Crippen LogP contribution in [0.3, 0.4) is 0 Å². The zero-order valence-electron chi connectivity index (χ0n) is 15.3. The van der Waals surface area contributed by atoms with Gasteiger partial charge < -0.3 is 19.7 Å². The van der Waals surface area contributed by atoms with Crippen LogP contribution in [0, 0.1) is 0 Å². The summed E-state index contributed by atoms with van der Waals surface area (Å²) < 4.78 is 11.2. The van der Waals surface area contributed by atoms with Crippen molar-refractivity contribution in [2.24, 2.45) is 0 Å². The van der Waals surface area contributed by atoms with Gasteiger partial charge in [0, 0.05) is 11.6 Å². The second-order valence-corrected chi connectivity index (χ2v) is 5.90. The van der Waals surface area contributed by atoms with Crippen LogP contribution in [0.5, 0.6) is 17.2 Å². The molecule has 27 heavy (non-hydrogen) atoms. The molecule has 0 radical (unpaired) electrons. The van der Waals surface area contributed by atoms with Gasteiger partial charge in [-0.25, -0.2) is 4.79 Å². The fourth-order valence-corrected chi connectivity index (χ4v) is 2.57. The predicted octanol–water partition coefficient (Wildman–Crippen LogP) is 4.06. The highest BCUT2D eigenvalue weighted by molar-refractivity contribution is 5.97. The second kappa shape index (κ2) is 9.43. The highest BCUT2D eigenvalue weighted by atomic mass is 16.7. The number of aliphatic carboxylic acids is 1. The average molecular weight is 370 g/mol. The summed E-state index contributed by atoms with van der Waals surface area (Å²) in [7, 11) is 0. The van der Waals surface area contributed by atoms with Crippen molar-refractivity contribution in [1.29, 1.82) is 0 Å². The zero-order valence-corrected chi connectivity index (χ0v) is 15.3. The molecule has 6 heteroatoms. The maximum Gasteiger partial charge on any atom is 0.328 e. The van der Waals surface area contributed by atoms with Gasteiger partial charge in [0.25, 0.3) is 0 Å². The largest absolute Gasteiger partial charge is 0.507 e. The number of hydrogen-bond donors (Lipinski definition) is 2. The summed E-state index contributed by atoms with van der Waals surface area (Å²) in [4.78, 5) is 22.2. The fourth-order valence-electron chi connectivity index (χ4n) is 2.57. The van der Waals surface area contributed by atoms with Crippen LogP contribution in [-0.2, 0) is 11.2 Å². The molecule has 0 fully saturated rings. The van der Waals surface area contributed by atoms with Gasteiger partial charge >= 0.3 is 5.97 Å². The molecule has 0 aliphatic heterocycles. The van der Waals surface area contributed by atoms with Gasteiger partial charge in [-0.3, -0.25) is 4.79 Å². The molecule has 0 spiro atoms. The predicted molar refractivity (Wildman–Crippen MR) is 101 cm³/mol. The smallest absolute Gasteiger partial charge is 0.328 e. The maximum absolute atomic E-state index is 11.6. The Kier molecular flexibility index (Phi) is 7.00. The summed E-state index contributed by atoms with van der Waals surface area (Å²) >= 11 is 0. The maximum atomic E-state index is 11.6. The molecule has 0 aromatic heterocycles. The lowest BCUT2D eigenvalue weighted by Crippen LogP contribution is -2.08. The summed E-state index contributed by atoms with van der Waals surface area (Å²) in [5, 5.41) is 19.0. The number of aromatic hydroxyl groups is 1. The number of ketones is 1. The molecule has 0 aliphatic carbocycles. The topological polar surface area (TPSA) is 93.1 Å². The highest BCUT2D eigenvalue weighted by Gasteiger charge is 2.16. The molecule has 0 atom stereocenters. The Labute approximate surface area is 157 Å². The molecule has 2 aromatic rings. The van der Waals surface area contributed by atoms with Crippen LogP contribution >= 0.6 is 0 Å². The lowest BCUT2D eigenvalue weighted by Gasteiger charge is -2.15. The van der Waals surface area contributed by atoms with Crippen LogP contribution in [0.1, 0.15) is 41.8 Å². The van der Waals surface area contributed by atoms with Gasteiger partial charge in [0.2, 0.25) is 6.79 Å². The number of carbonyl (C=O) groups excluding carboxylic acids is 1. The number of hydrogen-bond acceptors (Lipinski definition) is 5. The van der Waals surface area contributed by atoms with E-state index in [-0.39, 0.29) is 23.9 Å². The van der Waals surface area contributed by atoms with E-state index in [4.69, 9.17) is 14.6 Å². The minimum atomic E-state index is -1.03. The SMILES string of the molecule is CCCc1c(OCOc2cccc(/C=C/C(=O)O)c2)ccc(C(C)=O)c1O. The third-order valence-corrected chi connectivity index (χ3v) is 3.84. The van der Waals surface area contributed by atoms with Crippen molar-refractivity contribution in [3.8, 4) is 17.2 Å². The van der Waals surface area contributed by atoms with Gasteiger partial charge in [-0.2, -0.15) is 0 Å². The number of ether oxygens (including phenoxy) is 2. The molecule has 0 aliphatic rings. The van der Waals surface area contributed by atoms with E-state index in [1.807, 2.05) is 6.92 Å². The summed E-state index contributed by atoms with van der Waals surface area (Å²) in [6, 6.07) is 10.1. The molecule has 142 valence electrons. The minimum Gasteiger partial charge on any atom is -0.507 e. The Morgan fingerprint density at radius 3 is 2.59 bits per heavy atom. The van der Waals surface area contributed by atoms with E-state index in [2.05, 4.69) is 0 Å². The minimum absolute atomic E-state index is 0.0531. The van der Waals surface area contributed by atoms with Crippen molar-refractivity contribution in [3.05, 3.63) is 59.2 Å². The molecule has 6 nitrogen and oxygen atoms in total. The Morgan fingerprint density at radius 1 is 1.15 bits per heavy atom. The average Bonchev–Trinajstić information content (AvgIpc) is 2.63. The Bertz CT molecular complexity index is 854. The molecule has 2 N–H and O–H groups in total. The number of carboxylic acid groups (broad SMARTS) is 1. The summed E-state index contributed by atoms with van der Waals surface area (Å²) in [6.45, 7) is 3.28. The van der Waals surface area contributed by atoms with E-state index in [0.717, 1.165) is 12.5 Å². The van der Waals surface area contributed by atoms with Crippen molar-refractivity contribution in [3.63, 3.8) is 0 Å². The quantitative estimate of drug-likeness (QED) is 0.393. The molecule has 0 saturated carbocycles. The van der Waals surface area contributed by atoms with Gasteiger partial charge in [0.15, 0.2) is 5.78 Å². The molecule has 0 heterocycles. The van der Waals surface area contributed by atoms with Crippen molar-refractivity contribution < 1.29 is 29.3 Å². The first-order valence-corrected chi connectivity index (χ1v) is 8.54. The number of phenols is 1. The fraction of sp³-hybridized carbons (Fsp3) is 0.238. The summed E-state index contributed by atoms with van der Waals surface area (Å²) in [5.74, 6) is -0.311. The van der Waals surface area contributed by atoms with E-state index in [0.29, 0.717) is 29.0 Å². The van der Waals surface area contributed by atoms with Crippen molar-refractivity contribution in [2.75, 3.05) is 6.79 Å². The Morgan fingerprint density at radius 2 is 1.93 bits per heavy atom. The van der Waals surface area contributed by atoms with Crippen LogP contribution in [0.25, 0.3) is 6.08 Å². The van der Waals surface area contributed by atoms with Gasteiger partial charge in [-0.15, -0.1) is 0 Å². The Hall–Kier alpha value is -3.28. The second-order valence-electron chi connectivity index (χ2n) is 5.90. The molecule has 0 amide bonds. The lowest BCUT2D eigenvalue weighted by molar-refractivity contribution is -0.131. The monoisotopic (exact) mass is 370 g/mol. The van der Waals surface area contributed by atoms with Crippen LogP contribution in [0.4, 0.5) is 0 Å². The van der Waals surface area contributed by atoms with Gasteiger partial charge in [0.05, 0.1) is 5.56 Å². The first-order chi connectivity index (χ1) is 12.9. The highest BCUT2D eigenvalue weighted by Crippen LogP contribution is 2.33. The van der Waals surface area contributed by atoms with E-state index in [9.17, 15) is 14.7 Å². The molecule has 0 unspecified atom stereocenters. The van der Waals surface area contributed by atoms with Gasteiger partial charge in [-0.1, -0.05) is 25.5 Å². The van der Waals surface area contributed by atoms with Crippen molar-refractivity contribution >= 4 is 17.8 Å². The standard InChI is InChI=1S/C21H22O6/c1-3-5-18-19(10-9-17(14(2)22)21(18)25)27-13-26-16-7-4-6-15(12-16)8-11-20(23)24/h4,6-12,25H,3,5,13H2,1-2H3,(H,23,24)/b11-8+. The number of rotatable bonds is 9. The van der Waals surface area contributed by atoms with Crippen LogP contribution < -0.4 is 9.47 Å².